The number of halogens is 1. The Balaban J connectivity index is 1.55. The van der Waals surface area contributed by atoms with Gasteiger partial charge in [-0.15, -0.1) is 0 Å². The quantitative estimate of drug-likeness (QED) is 0.561. The van der Waals surface area contributed by atoms with E-state index in [9.17, 15) is 14.0 Å². The van der Waals surface area contributed by atoms with Crippen LogP contribution in [0.2, 0.25) is 0 Å². The largest absolute Gasteiger partial charge is 0.466 e. The van der Waals surface area contributed by atoms with Gasteiger partial charge in [-0.25, -0.2) is 14.2 Å². The summed E-state index contributed by atoms with van der Waals surface area (Å²) in [7, 11) is 1.31. The summed E-state index contributed by atoms with van der Waals surface area (Å²) in [6.45, 7) is 5.49. The monoisotopic (exact) mass is 486 g/mol. The molecule has 182 valence electrons. The van der Waals surface area contributed by atoms with E-state index in [1.165, 1.54) is 44.2 Å². The normalized spacial score (nSPS) is 20.6. The first-order valence-corrected chi connectivity index (χ1v) is 12.7. The Morgan fingerprint density at radius 1 is 1.24 bits per heavy atom. The van der Waals surface area contributed by atoms with Crippen molar-refractivity contribution in [3.8, 4) is 0 Å². The molecule has 1 amide bonds. The molecule has 1 aromatic rings. The van der Waals surface area contributed by atoms with Crippen LogP contribution in [0.1, 0.15) is 50.6 Å². The summed E-state index contributed by atoms with van der Waals surface area (Å²) in [6, 6.07) is 5.65. The van der Waals surface area contributed by atoms with Crippen LogP contribution in [-0.2, 0) is 14.3 Å². The van der Waals surface area contributed by atoms with Gasteiger partial charge in [-0.1, -0.05) is 43.3 Å². The number of allylic oxidation sites excluding steroid dienone is 1. The lowest BCUT2D eigenvalue weighted by atomic mass is 9.92. The molecule has 0 spiro atoms. The molecule has 3 aliphatic rings. The molecule has 4 rings (SSSR count). The molecule has 3 heterocycles. The van der Waals surface area contributed by atoms with Crippen molar-refractivity contribution >= 4 is 28.8 Å². The predicted octanol–water partition coefficient (Wildman–Crippen LogP) is 3.96. The standard InChI is InChI=1S/C25H31FN4O3S/c1-3-20-22(24(32)33-2)23(18-9-5-6-10-19(18)26)30-17(16-34-25(30)28-20)15-21(31)27-11-14-29-12-7-4-8-13-29/h5-6,9-10,16,23H,3-4,7-8,11-15H2,1-2H3,(H,27,31). The van der Waals surface area contributed by atoms with Gasteiger partial charge in [0, 0.05) is 24.4 Å². The van der Waals surface area contributed by atoms with Crippen LogP contribution in [0, 0.1) is 5.82 Å². The Bertz CT molecular complexity index is 1030. The van der Waals surface area contributed by atoms with E-state index < -0.39 is 17.8 Å². The molecule has 0 bridgehead atoms. The molecule has 7 nitrogen and oxygen atoms in total. The van der Waals surface area contributed by atoms with Crippen LogP contribution in [-0.4, -0.2) is 60.1 Å². The van der Waals surface area contributed by atoms with Gasteiger partial charge in [-0.2, -0.15) is 0 Å². The summed E-state index contributed by atoms with van der Waals surface area (Å²) in [5.74, 6) is -1.08. The first-order valence-electron chi connectivity index (χ1n) is 11.8. The number of piperidine rings is 1. The number of amidine groups is 1. The fourth-order valence-corrected chi connectivity index (χ4v) is 5.60. The van der Waals surface area contributed by atoms with Gasteiger partial charge in [0.2, 0.25) is 5.91 Å². The zero-order chi connectivity index (χ0) is 24.1. The van der Waals surface area contributed by atoms with Gasteiger partial charge in [-0.3, -0.25) is 4.79 Å². The molecule has 1 fully saturated rings. The molecule has 9 heteroatoms. The number of ether oxygens (including phenoxy) is 1. The maximum Gasteiger partial charge on any atom is 0.338 e. The van der Waals surface area contributed by atoms with Crippen molar-refractivity contribution in [1.82, 2.24) is 15.1 Å². The van der Waals surface area contributed by atoms with Gasteiger partial charge in [0.25, 0.3) is 0 Å². The lowest BCUT2D eigenvalue weighted by Crippen LogP contribution is -2.40. The molecule has 0 aromatic heterocycles. The second-order valence-electron chi connectivity index (χ2n) is 8.55. The molecule has 0 saturated carbocycles. The molecule has 1 N–H and O–H groups in total. The highest BCUT2D eigenvalue weighted by atomic mass is 32.2. The van der Waals surface area contributed by atoms with Crippen LogP contribution in [0.5, 0.6) is 0 Å². The highest BCUT2D eigenvalue weighted by Crippen LogP contribution is 2.45. The molecule has 3 aliphatic heterocycles. The van der Waals surface area contributed by atoms with Crippen LogP contribution >= 0.6 is 11.8 Å². The molecular weight excluding hydrogens is 455 g/mol. The smallest absolute Gasteiger partial charge is 0.338 e. The number of amides is 1. The van der Waals surface area contributed by atoms with Crippen LogP contribution < -0.4 is 5.32 Å². The SMILES string of the molecule is CCC1=C(C(=O)OC)C(c2ccccc2F)N2C(CC(=O)NCCN3CCCCC3)=CSC2=N1. The molecule has 1 unspecified atom stereocenters. The number of hydrogen-bond acceptors (Lipinski definition) is 7. The highest BCUT2D eigenvalue weighted by molar-refractivity contribution is 8.16. The predicted molar refractivity (Wildman–Crippen MR) is 131 cm³/mol. The second kappa shape index (κ2) is 11.2. The van der Waals surface area contributed by atoms with Crippen molar-refractivity contribution < 1.29 is 18.7 Å². The van der Waals surface area contributed by atoms with Crippen molar-refractivity contribution in [2.45, 2.75) is 45.1 Å². The van der Waals surface area contributed by atoms with Crippen molar-refractivity contribution in [1.29, 1.82) is 0 Å². The van der Waals surface area contributed by atoms with E-state index in [0.717, 1.165) is 19.6 Å². The van der Waals surface area contributed by atoms with E-state index in [4.69, 9.17) is 4.74 Å². The molecule has 0 radical (unpaired) electrons. The maximum absolute atomic E-state index is 15.0. The molecule has 0 aliphatic carbocycles. The van der Waals surface area contributed by atoms with Crippen LogP contribution in [0.4, 0.5) is 4.39 Å². The first kappa shape index (κ1) is 24.5. The summed E-state index contributed by atoms with van der Waals surface area (Å²) in [5, 5.41) is 5.51. The minimum Gasteiger partial charge on any atom is -0.466 e. The van der Waals surface area contributed by atoms with E-state index in [-0.39, 0.29) is 12.3 Å². The Morgan fingerprint density at radius 2 is 2.00 bits per heavy atom. The maximum atomic E-state index is 15.0. The second-order valence-corrected chi connectivity index (χ2v) is 9.39. The summed E-state index contributed by atoms with van der Waals surface area (Å²) < 4.78 is 20.0. The number of carbonyl (C=O) groups excluding carboxylic acids is 2. The van der Waals surface area contributed by atoms with Crippen molar-refractivity contribution in [2.24, 2.45) is 4.99 Å². The number of esters is 1. The lowest BCUT2D eigenvalue weighted by molar-refractivity contribution is -0.136. The topological polar surface area (TPSA) is 74.2 Å². The molecule has 34 heavy (non-hydrogen) atoms. The molecular formula is C25H31FN4O3S. The van der Waals surface area contributed by atoms with Gasteiger partial charge in [0.1, 0.15) is 5.82 Å². The molecule has 1 atom stereocenters. The zero-order valence-corrected chi connectivity index (χ0v) is 20.5. The number of likely N-dealkylation sites (tertiary alicyclic amines) is 1. The number of fused-ring (bicyclic) bond motifs is 1. The third-order valence-corrected chi connectivity index (χ3v) is 7.26. The number of nitrogens with one attached hydrogen (secondary N) is 1. The first-order chi connectivity index (χ1) is 16.5. The third kappa shape index (κ3) is 5.20. The van der Waals surface area contributed by atoms with Crippen LogP contribution in [0.15, 0.2) is 51.6 Å². The summed E-state index contributed by atoms with van der Waals surface area (Å²) >= 11 is 1.38. The Labute approximate surface area is 204 Å². The number of benzene rings is 1. The highest BCUT2D eigenvalue weighted by Gasteiger charge is 2.42. The Morgan fingerprint density at radius 3 is 2.71 bits per heavy atom. The molecule has 1 aromatic carbocycles. The summed E-state index contributed by atoms with van der Waals surface area (Å²) in [4.78, 5) is 34.5. The minimum atomic E-state index is -0.751. The van der Waals surface area contributed by atoms with Crippen molar-refractivity contribution in [2.75, 3.05) is 33.3 Å². The van der Waals surface area contributed by atoms with Crippen LogP contribution in [0.25, 0.3) is 0 Å². The van der Waals surface area contributed by atoms with E-state index in [0.29, 0.717) is 40.7 Å². The minimum absolute atomic E-state index is 0.109. The number of rotatable bonds is 8. The van der Waals surface area contributed by atoms with E-state index in [1.54, 1.807) is 23.1 Å². The van der Waals surface area contributed by atoms with Gasteiger partial charge in [0.15, 0.2) is 5.17 Å². The van der Waals surface area contributed by atoms with Crippen molar-refractivity contribution in [3.63, 3.8) is 0 Å². The average Bonchev–Trinajstić information content (AvgIpc) is 3.25. The van der Waals surface area contributed by atoms with Gasteiger partial charge < -0.3 is 19.9 Å². The number of methoxy groups -OCH3 is 1. The van der Waals surface area contributed by atoms with Crippen LogP contribution in [0.3, 0.4) is 0 Å². The average molecular weight is 487 g/mol. The number of carbonyl (C=O) groups is 2. The van der Waals surface area contributed by atoms with E-state index in [1.807, 2.05) is 12.3 Å². The third-order valence-electron chi connectivity index (χ3n) is 6.37. The number of aliphatic imine (C=N–C) groups is 1. The van der Waals surface area contributed by atoms with Crippen molar-refractivity contribution in [3.05, 3.63) is 58.0 Å². The van der Waals surface area contributed by atoms with Gasteiger partial charge in [-0.05, 0) is 43.8 Å². The Kier molecular flexibility index (Phi) is 8.05. The fourth-order valence-electron chi connectivity index (χ4n) is 4.67. The number of thioether (sulfide) groups is 1. The summed E-state index contributed by atoms with van der Waals surface area (Å²) in [6.07, 6.45) is 4.32. The Hall–Kier alpha value is -2.65. The summed E-state index contributed by atoms with van der Waals surface area (Å²) in [5.41, 5.74) is 1.90. The van der Waals surface area contributed by atoms with E-state index >= 15 is 0 Å². The zero-order valence-electron chi connectivity index (χ0n) is 19.7. The number of hydrogen-bond donors (Lipinski definition) is 1. The lowest BCUT2D eigenvalue weighted by Gasteiger charge is -2.36. The fraction of sp³-hybridized carbons (Fsp3) is 0.480. The van der Waals surface area contributed by atoms with E-state index in [2.05, 4.69) is 15.2 Å². The number of nitrogens with zero attached hydrogens (tertiary/aromatic N) is 3. The molecule has 1 saturated heterocycles. The van der Waals surface area contributed by atoms with Gasteiger partial charge in [0.05, 0.1) is 30.8 Å². The van der Waals surface area contributed by atoms with Gasteiger partial charge >= 0.3 is 5.97 Å².